The summed E-state index contributed by atoms with van der Waals surface area (Å²) in [5.74, 6) is 1.37. The first-order valence-corrected chi connectivity index (χ1v) is 10.7. The summed E-state index contributed by atoms with van der Waals surface area (Å²) >= 11 is 0. The van der Waals surface area contributed by atoms with Crippen LogP contribution in [-0.4, -0.2) is 41.6 Å². The number of amides is 1. The minimum atomic E-state index is -0.0564. The maximum atomic E-state index is 12.5. The first-order chi connectivity index (χ1) is 14.0. The number of hydrogen-bond donors (Lipinski definition) is 1. The number of rotatable bonds is 9. The highest BCUT2D eigenvalue weighted by atomic mass is 16.5. The van der Waals surface area contributed by atoms with Crippen LogP contribution in [0.1, 0.15) is 66.4 Å². The summed E-state index contributed by atoms with van der Waals surface area (Å²) in [6.07, 6.45) is 6.10. The Hall–Kier alpha value is -2.34. The maximum Gasteiger partial charge on any atom is 0.251 e. The van der Waals surface area contributed by atoms with E-state index in [9.17, 15) is 4.79 Å². The van der Waals surface area contributed by atoms with E-state index in [0.29, 0.717) is 30.5 Å². The molecule has 1 aliphatic rings. The van der Waals surface area contributed by atoms with Gasteiger partial charge in [0.1, 0.15) is 18.1 Å². The summed E-state index contributed by atoms with van der Waals surface area (Å²) in [5, 5.41) is 6.96. The van der Waals surface area contributed by atoms with Crippen molar-refractivity contribution in [1.29, 1.82) is 0 Å². The van der Waals surface area contributed by atoms with Crippen LogP contribution in [-0.2, 0) is 6.61 Å². The molecule has 0 aliphatic carbocycles. The molecule has 6 nitrogen and oxygen atoms in total. The molecule has 1 aromatic heterocycles. The Bertz CT molecular complexity index is 783. The van der Waals surface area contributed by atoms with Gasteiger partial charge in [-0.3, -0.25) is 4.79 Å². The van der Waals surface area contributed by atoms with E-state index in [1.807, 2.05) is 32.0 Å². The molecule has 1 N–H and O–H groups in total. The molecule has 1 aromatic carbocycles. The number of nitrogens with one attached hydrogen (secondary N) is 1. The van der Waals surface area contributed by atoms with Crippen molar-refractivity contribution in [2.45, 2.75) is 65.5 Å². The zero-order valence-electron chi connectivity index (χ0n) is 17.9. The van der Waals surface area contributed by atoms with Gasteiger partial charge < -0.3 is 19.5 Å². The fourth-order valence-corrected chi connectivity index (χ4v) is 3.82. The summed E-state index contributed by atoms with van der Waals surface area (Å²) in [6.45, 7) is 9.50. The number of benzene rings is 1. The van der Waals surface area contributed by atoms with E-state index in [-0.39, 0.29) is 5.91 Å². The van der Waals surface area contributed by atoms with Crippen LogP contribution in [0.4, 0.5) is 0 Å². The molecule has 3 rings (SSSR count). The Morgan fingerprint density at radius 2 is 2.17 bits per heavy atom. The summed E-state index contributed by atoms with van der Waals surface area (Å²) in [5.41, 5.74) is 2.39. The molecule has 1 atom stereocenters. The molecule has 2 aromatic rings. The lowest BCUT2D eigenvalue weighted by Crippen LogP contribution is -2.38. The van der Waals surface area contributed by atoms with Crippen molar-refractivity contribution in [2.24, 2.45) is 0 Å². The Kier molecular flexibility index (Phi) is 7.69. The molecular weight excluding hydrogens is 366 g/mol. The largest absolute Gasteiger partial charge is 0.489 e. The zero-order valence-corrected chi connectivity index (χ0v) is 17.9. The van der Waals surface area contributed by atoms with E-state index in [4.69, 9.17) is 9.26 Å². The third kappa shape index (κ3) is 6.07. The first-order valence-electron chi connectivity index (χ1n) is 10.7. The molecule has 1 fully saturated rings. The number of piperidine rings is 1. The standard InChI is InChI=1S/C23H33N3O3/c1-17-9-4-6-13-26(17)14-7-5-12-24-23(27)20-10-8-11-21(15-20)28-16-22-18(2)25-29-19(22)3/h8,10-11,15,17H,4-7,9,12-14,16H2,1-3H3,(H,24,27). The zero-order chi connectivity index (χ0) is 20.6. The molecule has 2 heterocycles. The third-order valence-corrected chi connectivity index (χ3v) is 5.76. The number of unbranched alkanes of at least 4 members (excludes halogenated alkanes) is 1. The monoisotopic (exact) mass is 399 g/mol. The lowest BCUT2D eigenvalue weighted by molar-refractivity contribution is 0.0951. The van der Waals surface area contributed by atoms with Gasteiger partial charge in [-0.15, -0.1) is 0 Å². The second-order valence-corrected chi connectivity index (χ2v) is 7.96. The molecule has 1 unspecified atom stereocenters. The van der Waals surface area contributed by atoms with Gasteiger partial charge in [0.05, 0.1) is 11.3 Å². The average Bonchev–Trinajstić information content (AvgIpc) is 3.05. The van der Waals surface area contributed by atoms with Gasteiger partial charge in [0.25, 0.3) is 5.91 Å². The van der Waals surface area contributed by atoms with Crippen LogP contribution in [0.25, 0.3) is 0 Å². The van der Waals surface area contributed by atoms with Crippen molar-refractivity contribution in [3.8, 4) is 5.75 Å². The fraction of sp³-hybridized carbons (Fsp3) is 0.565. The van der Waals surface area contributed by atoms with E-state index in [2.05, 4.69) is 22.3 Å². The SMILES string of the molecule is Cc1noc(C)c1COc1cccc(C(=O)NCCCCN2CCCCC2C)c1. The normalized spacial score (nSPS) is 17.3. The van der Waals surface area contributed by atoms with E-state index in [1.165, 1.54) is 25.8 Å². The molecule has 1 amide bonds. The summed E-state index contributed by atoms with van der Waals surface area (Å²) in [7, 11) is 0. The summed E-state index contributed by atoms with van der Waals surface area (Å²) in [6, 6.07) is 7.99. The molecule has 0 radical (unpaired) electrons. The van der Waals surface area contributed by atoms with Gasteiger partial charge >= 0.3 is 0 Å². The molecule has 0 bridgehead atoms. The highest BCUT2D eigenvalue weighted by molar-refractivity contribution is 5.94. The van der Waals surface area contributed by atoms with Crippen LogP contribution >= 0.6 is 0 Å². The Morgan fingerprint density at radius 1 is 1.31 bits per heavy atom. The second kappa shape index (κ2) is 10.4. The number of carbonyl (C=O) groups is 1. The van der Waals surface area contributed by atoms with E-state index < -0.39 is 0 Å². The quantitative estimate of drug-likeness (QED) is 0.638. The van der Waals surface area contributed by atoms with Gasteiger partial charge in [0.15, 0.2) is 0 Å². The van der Waals surface area contributed by atoms with Crippen LogP contribution in [0.15, 0.2) is 28.8 Å². The van der Waals surface area contributed by atoms with Crippen LogP contribution < -0.4 is 10.1 Å². The Balaban J connectivity index is 1.41. The molecule has 6 heteroatoms. The minimum Gasteiger partial charge on any atom is -0.489 e. The molecule has 29 heavy (non-hydrogen) atoms. The Morgan fingerprint density at radius 3 is 2.93 bits per heavy atom. The second-order valence-electron chi connectivity index (χ2n) is 7.96. The Labute approximate surface area is 173 Å². The molecule has 158 valence electrons. The number of ether oxygens (including phenoxy) is 1. The molecule has 1 saturated heterocycles. The smallest absolute Gasteiger partial charge is 0.251 e. The highest BCUT2D eigenvalue weighted by Gasteiger charge is 2.17. The number of aryl methyl sites for hydroxylation is 2. The highest BCUT2D eigenvalue weighted by Crippen LogP contribution is 2.19. The number of hydrogen-bond acceptors (Lipinski definition) is 5. The van der Waals surface area contributed by atoms with Crippen molar-refractivity contribution in [1.82, 2.24) is 15.4 Å². The van der Waals surface area contributed by atoms with Crippen molar-refractivity contribution in [3.05, 3.63) is 46.8 Å². The van der Waals surface area contributed by atoms with Gasteiger partial charge in [0.2, 0.25) is 0 Å². The van der Waals surface area contributed by atoms with Crippen LogP contribution in [0.2, 0.25) is 0 Å². The van der Waals surface area contributed by atoms with Gasteiger partial charge in [-0.25, -0.2) is 0 Å². The number of likely N-dealkylation sites (tertiary alicyclic amines) is 1. The van der Waals surface area contributed by atoms with Crippen LogP contribution in [0, 0.1) is 13.8 Å². The molecule has 1 aliphatic heterocycles. The van der Waals surface area contributed by atoms with E-state index >= 15 is 0 Å². The fourth-order valence-electron chi connectivity index (χ4n) is 3.82. The minimum absolute atomic E-state index is 0.0564. The van der Waals surface area contributed by atoms with Crippen molar-refractivity contribution < 1.29 is 14.1 Å². The van der Waals surface area contributed by atoms with Crippen LogP contribution in [0.3, 0.4) is 0 Å². The number of aromatic nitrogens is 1. The number of nitrogens with zero attached hydrogens (tertiary/aromatic N) is 2. The van der Waals surface area contributed by atoms with Gasteiger partial charge in [-0.1, -0.05) is 17.6 Å². The molecule has 0 saturated carbocycles. The molecular formula is C23H33N3O3. The van der Waals surface area contributed by atoms with Gasteiger partial charge in [-0.05, 0) is 77.7 Å². The first kappa shape index (κ1) is 21.4. The van der Waals surface area contributed by atoms with Gasteiger partial charge in [0, 0.05) is 18.2 Å². The third-order valence-electron chi connectivity index (χ3n) is 5.76. The maximum absolute atomic E-state index is 12.5. The van der Waals surface area contributed by atoms with E-state index in [1.54, 1.807) is 6.07 Å². The van der Waals surface area contributed by atoms with Gasteiger partial charge in [-0.2, -0.15) is 0 Å². The predicted octanol–water partition coefficient (Wildman–Crippen LogP) is 4.25. The topological polar surface area (TPSA) is 67.6 Å². The van der Waals surface area contributed by atoms with E-state index in [0.717, 1.165) is 36.4 Å². The number of carbonyl (C=O) groups excluding carboxylic acids is 1. The van der Waals surface area contributed by atoms with Crippen molar-refractivity contribution in [2.75, 3.05) is 19.6 Å². The predicted molar refractivity (Wildman–Crippen MR) is 113 cm³/mol. The lowest BCUT2D eigenvalue weighted by Gasteiger charge is -2.33. The molecule has 0 spiro atoms. The lowest BCUT2D eigenvalue weighted by atomic mass is 10.0. The van der Waals surface area contributed by atoms with Crippen molar-refractivity contribution >= 4 is 5.91 Å². The van der Waals surface area contributed by atoms with Crippen LogP contribution in [0.5, 0.6) is 5.75 Å². The van der Waals surface area contributed by atoms with Crippen molar-refractivity contribution in [3.63, 3.8) is 0 Å². The average molecular weight is 400 g/mol. The summed E-state index contributed by atoms with van der Waals surface area (Å²) in [4.78, 5) is 15.0. The summed E-state index contributed by atoms with van der Waals surface area (Å²) < 4.78 is 11.0.